The van der Waals surface area contributed by atoms with Crippen LogP contribution in [0.2, 0.25) is 0 Å². The molecule has 0 amide bonds. The summed E-state index contributed by atoms with van der Waals surface area (Å²) in [6.07, 6.45) is 4.23. The molecule has 5 heteroatoms. The molecule has 0 aromatic heterocycles. The van der Waals surface area contributed by atoms with Crippen molar-refractivity contribution in [1.29, 1.82) is 0 Å². The van der Waals surface area contributed by atoms with Crippen LogP contribution in [0.4, 0.5) is 0 Å². The Morgan fingerprint density at radius 1 is 1.12 bits per heavy atom. The molecule has 1 saturated heterocycles. The molecule has 1 aromatic rings. The van der Waals surface area contributed by atoms with Crippen LogP contribution in [0.1, 0.15) is 51.6 Å². The van der Waals surface area contributed by atoms with Crippen molar-refractivity contribution in [1.82, 2.24) is 10.2 Å². The zero-order valence-electron chi connectivity index (χ0n) is 15.1. The quantitative estimate of drug-likeness (QED) is 0.698. The van der Waals surface area contributed by atoms with Crippen LogP contribution in [0.25, 0.3) is 0 Å². The van der Waals surface area contributed by atoms with Gasteiger partial charge in [0.05, 0.1) is 0 Å². The fourth-order valence-electron chi connectivity index (χ4n) is 3.31. The summed E-state index contributed by atoms with van der Waals surface area (Å²) in [5.74, 6) is 0.965. The summed E-state index contributed by atoms with van der Waals surface area (Å²) in [6.45, 7) is 11.6. The smallest absolute Gasteiger partial charge is 0.0362 e. The van der Waals surface area contributed by atoms with Crippen LogP contribution in [-0.2, 0) is 0 Å². The highest BCUT2D eigenvalue weighted by molar-refractivity contribution is 8.00. The zero-order valence-corrected chi connectivity index (χ0v) is 17.5. The van der Waals surface area contributed by atoms with E-state index < -0.39 is 0 Å². The molecule has 24 heavy (non-hydrogen) atoms. The molecule has 0 spiro atoms. The molecule has 138 valence electrons. The number of nitrogens with one attached hydrogen (secondary N) is 1. The van der Waals surface area contributed by atoms with E-state index >= 15 is 0 Å². The molecule has 0 unspecified atom stereocenters. The number of benzene rings is 1. The Kier molecular flexibility index (Phi) is 8.92. The predicted octanol–water partition coefficient (Wildman–Crippen LogP) is 5.17. The van der Waals surface area contributed by atoms with Gasteiger partial charge in [0, 0.05) is 41.9 Å². The number of halogens is 2. The highest BCUT2D eigenvalue weighted by Gasteiger charge is 2.32. The fourth-order valence-corrected chi connectivity index (χ4v) is 4.44. The van der Waals surface area contributed by atoms with E-state index in [1.54, 1.807) is 5.56 Å². The van der Waals surface area contributed by atoms with E-state index in [1.165, 1.54) is 37.2 Å². The Balaban J connectivity index is 0.00000144. The minimum atomic E-state index is 0. The summed E-state index contributed by atoms with van der Waals surface area (Å²) in [4.78, 5) is 4.20. The lowest BCUT2D eigenvalue weighted by Crippen LogP contribution is -2.45. The van der Waals surface area contributed by atoms with Gasteiger partial charge in [-0.25, -0.2) is 0 Å². The summed E-state index contributed by atoms with van der Waals surface area (Å²) in [6, 6.07) is 9.74. The van der Waals surface area contributed by atoms with E-state index in [1.807, 2.05) is 11.8 Å². The van der Waals surface area contributed by atoms with Crippen LogP contribution in [0.3, 0.4) is 0 Å². The van der Waals surface area contributed by atoms with Gasteiger partial charge in [0.15, 0.2) is 0 Å². The van der Waals surface area contributed by atoms with Gasteiger partial charge < -0.3 is 5.32 Å². The topological polar surface area (TPSA) is 15.3 Å². The molecule has 1 heterocycles. The number of hydrogen-bond acceptors (Lipinski definition) is 3. The lowest BCUT2D eigenvalue weighted by atomic mass is 9.98. The Morgan fingerprint density at radius 3 is 2.33 bits per heavy atom. The van der Waals surface area contributed by atoms with Crippen LogP contribution in [0, 0.1) is 5.92 Å². The minimum absolute atomic E-state index is 0. The molecule has 2 nitrogen and oxygen atoms in total. The second-order valence-corrected chi connectivity index (χ2v) is 9.60. The first-order valence-electron chi connectivity index (χ1n) is 8.76. The molecule has 3 rings (SSSR count). The first-order chi connectivity index (χ1) is 10.5. The highest BCUT2D eigenvalue weighted by Crippen LogP contribution is 2.44. The lowest BCUT2D eigenvalue weighted by Gasteiger charge is -2.36. The number of hydrogen-bond donors (Lipinski definition) is 1. The fraction of sp³-hybridized carbons (Fsp3) is 0.684. The van der Waals surface area contributed by atoms with Gasteiger partial charge in [0.2, 0.25) is 0 Å². The summed E-state index contributed by atoms with van der Waals surface area (Å²) >= 11 is 2.02. The van der Waals surface area contributed by atoms with Gasteiger partial charge in [-0.15, -0.1) is 36.6 Å². The normalized spacial score (nSPS) is 20.0. The maximum Gasteiger partial charge on any atom is 0.0362 e. The molecule has 0 radical (unpaired) electrons. The van der Waals surface area contributed by atoms with Crippen molar-refractivity contribution in [3.05, 3.63) is 29.8 Å². The average molecular weight is 391 g/mol. The molecule has 1 atom stereocenters. The number of rotatable bonds is 5. The number of piperazine rings is 1. The Morgan fingerprint density at radius 2 is 1.75 bits per heavy atom. The van der Waals surface area contributed by atoms with Crippen LogP contribution >= 0.6 is 36.6 Å². The minimum Gasteiger partial charge on any atom is -0.314 e. The van der Waals surface area contributed by atoms with E-state index in [-0.39, 0.29) is 29.6 Å². The second-order valence-electron chi connectivity index (χ2n) is 7.73. The van der Waals surface area contributed by atoms with Crippen molar-refractivity contribution < 1.29 is 0 Å². The monoisotopic (exact) mass is 390 g/mol. The third-order valence-electron chi connectivity index (χ3n) is 4.54. The van der Waals surface area contributed by atoms with Crippen LogP contribution in [-0.4, -0.2) is 35.8 Å². The van der Waals surface area contributed by atoms with E-state index in [0.717, 1.165) is 19.0 Å². The van der Waals surface area contributed by atoms with Gasteiger partial charge in [0.1, 0.15) is 0 Å². The lowest BCUT2D eigenvalue weighted by molar-refractivity contribution is 0.158. The largest absolute Gasteiger partial charge is 0.314 e. The van der Waals surface area contributed by atoms with Gasteiger partial charge in [-0.1, -0.05) is 51.8 Å². The van der Waals surface area contributed by atoms with Gasteiger partial charge in [-0.2, -0.15) is 0 Å². The molecule has 1 saturated carbocycles. The standard InChI is InChI=1S/C19H30N2S.2ClH/c1-19(2,3)22-18-7-5-4-6-16(18)17(14-15-8-9-15)21-12-10-20-11-13-21;;/h4-7,15,17,20H,8-14H2,1-3H3;2*1H/t17-;;/m0../s1. The Bertz CT molecular complexity index is 494. The van der Waals surface area contributed by atoms with Gasteiger partial charge in [-0.3, -0.25) is 4.90 Å². The molecule has 2 fully saturated rings. The number of nitrogens with zero attached hydrogens (tertiary/aromatic N) is 1. The Hall–Kier alpha value is 0.0700. The van der Waals surface area contributed by atoms with E-state index in [9.17, 15) is 0 Å². The third kappa shape index (κ3) is 6.42. The van der Waals surface area contributed by atoms with Crippen molar-refractivity contribution in [3.8, 4) is 0 Å². The van der Waals surface area contributed by atoms with Crippen LogP contribution in [0.15, 0.2) is 29.2 Å². The maximum absolute atomic E-state index is 3.50. The molecule has 1 aliphatic carbocycles. The van der Waals surface area contributed by atoms with Crippen molar-refractivity contribution in [2.75, 3.05) is 26.2 Å². The summed E-state index contributed by atoms with van der Waals surface area (Å²) in [5, 5.41) is 3.50. The molecule has 2 aliphatic rings. The highest BCUT2D eigenvalue weighted by atomic mass is 35.5. The molecule has 0 bridgehead atoms. The van der Waals surface area contributed by atoms with Crippen molar-refractivity contribution >= 4 is 36.6 Å². The Labute approximate surface area is 164 Å². The number of thioether (sulfide) groups is 1. The molecule has 1 aliphatic heterocycles. The first-order valence-corrected chi connectivity index (χ1v) is 9.57. The van der Waals surface area contributed by atoms with E-state index in [0.29, 0.717) is 6.04 Å². The molecule has 1 aromatic carbocycles. The van der Waals surface area contributed by atoms with Crippen molar-refractivity contribution in [3.63, 3.8) is 0 Å². The van der Waals surface area contributed by atoms with Crippen LogP contribution in [0.5, 0.6) is 0 Å². The molecular weight excluding hydrogens is 359 g/mol. The molecule has 1 N–H and O–H groups in total. The zero-order chi connectivity index (χ0) is 15.6. The summed E-state index contributed by atoms with van der Waals surface area (Å²) < 4.78 is 0.268. The molecular formula is C19H32Cl2N2S. The van der Waals surface area contributed by atoms with Crippen molar-refractivity contribution in [2.45, 2.75) is 55.7 Å². The SMILES string of the molecule is CC(C)(C)Sc1ccccc1[C@H](CC1CC1)N1CCNCC1.Cl.Cl. The predicted molar refractivity (Wildman–Crippen MR) is 111 cm³/mol. The maximum atomic E-state index is 3.50. The van der Waals surface area contributed by atoms with Gasteiger partial charge in [0.25, 0.3) is 0 Å². The van der Waals surface area contributed by atoms with Crippen molar-refractivity contribution in [2.24, 2.45) is 5.92 Å². The van der Waals surface area contributed by atoms with E-state index in [2.05, 4.69) is 55.3 Å². The first kappa shape index (κ1) is 22.1. The third-order valence-corrected chi connectivity index (χ3v) is 5.74. The average Bonchev–Trinajstić information content (AvgIpc) is 3.29. The summed E-state index contributed by atoms with van der Waals surface area (Å²) in [5.41, 5.74) is 1.57. The van der Waals surface area contributed by atoms with Gasteiger partial charge in [-0.05, 0) is 24.0 Å². The second kappa shape index (κ2) is 9.68. The summed E-state index contributed by atoms with van der Waals surface area (Å²) in [7, 11) is 0. The van der Waals surface area contributed by atoms with E-state index in [4.69, 9.17) is 0 Å². The van der Waals surface area contributed by atoms with Crippen LogP contribution < -0.4 is 5.32 Å². The van der Waals surface area contributed by atoms with Gasteiger partial charge >= 0.3 is 0 Å².